The molecule has 28 heavy (non-hydrogen) atoms. The predicted octanol–water partition coefficient (Wildman–Crippen LogP) is 5.17. The summed E-state index contributed by atoms with van der Waals surface area (Å²) < 4.78 is 5.66. The Morgan fingerprint density at radius 3 is 2.54 bits per heavy atom. The zero-order chi connectivity index (χ0) is 20.3. The van der Waals surface area contributed by atoms with Crippen LogP contribution in [-0.4, -0.2) is 16.1 Å². The number of aryl methyl sites for hydroxylation is 1. The van der Waals surface area contributed by atoms with Crippen LogP contribution in [0.3, 0.4) is 0 Å². The van der Waals surface area contributed by atoms with Gasteiger partial charge in [-0.1, -0.05) is 23.7 Å². The third-order valence-corrected chi connectivity index (χ3v) is 4.26. The molecule has 0 atom stereocenters. The Morgan fingerprint density at radius 2 is 1.86 bits per heavy atom. The Hall–Kier alpha value is -3.72. The van der Waals surface area contributed by atoms with E-state index in [0.29, 0.717) is 16.5 Å². The molecule has 0 aliphatic carbocycles. The lowest BCUT2D eigenvalue weighted by molar-refractivity contribution is -0.393. The van der Waals surface area contributed by atoms with Crippen LogP contribution >= 0.6 is 11.6 Å². The van der Waals surface area contributed by atoms with Gasteiger partial charge < -0.3 is 4.42 Å². The van der Waals surface area contributed by atoms with Crippen molar-refractivity contribution in [1.29, 1.82) is 0 Å². The highest BCUT2D eigenvalue weighted by atomic mass is 35.5. The summed E-state index contributed by atoms with van der Waals surface area (Å²) in [6.45, 7) is 1.90. The Bertz CT molecular complexity index is 1090. The standard InChI is InChI=1S/C18H13ClN4O5/c1-11-2-3-12(8-15(11)19)18-7-5-14(28-18)10-20-21-16-6-4-13(22(24)25)9-17(16)23(26)27/h2-10,21H,1H3/b20-10+. The number of rotatable bonds is 6. The zero-order valence-corrected chi connectivity index (χ0v) is 15.2. The van der Waals surface area contributed by atoms with E-state index in [1.807, 2.05) is 19.1 Å². The predicted molar refractivity (Wildman–Crippen MR) is 105 cm³/mol. The highest BCUT2D eigenvalue weighted by molar-refractivity contribution is 6.31. The van der Waals surface area contributed by atoms with Crippen LogP contribution in [0.15, 0.2) is 58.0 Å². The Morgan fingerprint density at radius 1 is 1.07 bits per heavy atom. The van der Waals surface area contributed by atoms with E-state index in [0.717, 1.165) is 23.3 Å². The Labute approximate surface area is 163 Å². The highest BCUT2D eigenvalue weighted by Gasteiger charge is 2.19. The lowest BCUT2D eigenvalue weighted by Crippen LogP contribution is -1.98. The van der Waals surface area contributed by atoms with Gasteiger partial charge in [0.15, 0.2) is 0 Å². The summed E-state index contributed by atoms with van der Waals surface area (Å²) in [5.74, 6) is 0.994. The summed E-state index contributed by atoms with van der Waals surface area (Å²) in [5.41, 5.74) is 3.43. The fourth-order valence-electron chi connectivity index (χ4n) is 2.37. The maximum Gasteiger partial charge on any atom is 0.301 e. The minimum atomic E-state index is -0.725. The van der Waals surface area contributed by atoms with E-state index in [1.165, 1.54) is 12.3 Å². The van der Waals surface area contributed by atoms with Gasteiger partial charge in [0.1, 0.15) is 17.2 Å². The first-order valence-corrected chi connectivity index (χ1v) is 8.31. The lowest BCUT2D eigenvalue weighted by atomic mass is 10.1. The number of non-ortho nitro benzene ring substituents is 1. The lowest BCUT2D eigenvalue weighted by Gasteiger charge is -2.02. The van der Waals surface area contributed by atoms with Gasteiger partial charge in [0.2, 0.25) is 0 Å². The summed E-state index contributed by atoms with van der Waals surface area (Å²) >= 11 is 6.12. The van der Waals surface area contributed by atoms with Crippen molar-refractivity contribution in [1.82, 2.24) is 0 Å². The summed E-state index contributed by atoms with van der Waals surface area (Å²) in [6, 6.07) is 12.2. The minimum absolute atomic E-state index is 0.0175. The number of nitro groups is 2. The first-order valence-electron chi connectivity index (χ1n) is 7.93. The van der Waals surface area contributed by atoms with Gasteiger partial charge in [0, 0.05) is 16.7 Å². The number of anilines is 1. The molecule has 0 amide bonds. The number of nitrogens with zero attached hydrogens (tertiary/aromatic N) is 3. The molecule has 0 aliphatic heterocycles. The van der Waals surface area contributed by atoms with Crippen molar-refractivity contribution in [3.63, 3.8) is 0 Å². The number of hydrogen-bond donors (Lipinski definition) is 1. The van der Waals surface area contributed by atoms with E-state index < -0.39 is 15.5 Å². The van der Waals surface area contributed by atoms with Gasteiger partial charge in [-0.05, 0) is 36.8 Å². The molecule has 1 aromatic heterocycles. The normalized spacial score (nSPS) is 10.9. The van der Waals surface area contributed by atoms with Gasteiger partial charge >= 0.3 is 5.69 Å². The molecule has 3 rings (SSSR count). The van der Waals surface area contributed by atoms with Crippen LogP contribution in [-0.2, 0) is 0 Å². The van der Waals surface area contributed by atoms with Gasteiger partial charge in [0.25, 0.3) is 5.69 Å². The van der Waals surface area contributed by atoms with Crippen LogP contribution in [0.4, 0.5) is 17.1 Å². The molecular formula is C18H13ClN4O5. The average molecular weight is 401 g/mol. The molecule has 3 aromatic rings. The highest BCUT2D eigenvalue weighted by Crippen LogP contribution is 2.29. The molecule has 0 saturated carbocycles. The third-order valence-electron chi connectivity index (χ3n) is 3.85. The minimum Gasteiger partial charge on any atom is -0.455 e. The second-order valence-electron chi connectivity index (χ2n) is 5.75. The number of nitro benzene ring substituents is 2. The summed E-state index contributed by atoms with van der Waals surface area (Å²) in [6.07, 6.45) is 1.34. The zero-order valence-electron chi connectivity index (χ0n) is 14.5. The topological polar surface area (TPSA) is 124 Å². The molecule has 10 heteroatoms. The van der Waals surface area contributed by atoms with Crippen LogP contribution in [0.1, 0.15) is 11.3 Å². The molecule has 1 N–H and O–H groups in total. The number of hydrazone groups is 1. The van der Waals surface area contributed by atoms with Gasteiger partial charge in [-0.2, -0.15) is 5.10 Å². The van der Waals surface area contributed by atoms with Crippen molar-refractivity contribution in [3.8, 4) is 11.3 Å². The molecule has 0 bridgehead atoms. The van der Waals surface area contributed by atoms with Crippen LogP contribution in [0.25, 0.3) is 11.3 Å². The summed E-state index contributed by atoms with van der Waals surface area (Å²) in [4.78, 5) is 20.4. The van der Waals surface area contributed by atoms with E-state index >= 15 is 0 Å². The molecule has 0 spiro atoms. The molecule has 142 valence electrons. The molecule has 0 fully saturated rings. The van der Waals surface area contributed by atoms with Gasteiger partial charge in [-0.25, -0.2) is 0 Å². The fraction of sp³-hybridized carbons (Fsp3) is 0.0556. The monoisotopic (exact) mass is 400 g/mol. The summed E-state index contributed by atoms with van der Waals surface area (Å²) in [7, 11) is 0. The number of furan rings is 1. The van der Waals surface area contributed by atoms with Crippen molar-refractivity contribution >= 4 is 34.9 Å². The summed E-state index contributed by atoms with van der Waals surface area (Å²) in [5, 5.41) is 26.4. The van der Waals surface area contributed by atoms with E-state index in [1.54, 1.807) is 18.2 Å². The van der Waals surface area contributed by atoms with Gasteiger partial charge in [-0.3, -0.25) is 25.7 Å². The van der Waals surface area contributed by atoms with Crippen LogP contribution in [0.2, 0.25) is 5.02 Å². The maximum absolute atomic E-state index is 11.1. The van der Waals surface area contributed by atoms with Crippen molar-refractivity contribution in [2.75, 3.05) is 5.43 Å². The molecule has 2 aromatic carbocycles. The van der Waals surface area contributed by atoms with E-state index in [-0.39, 0.29) is 11.4 Å². The molecule has 0 aliphatic rings. The first-order chi connectivity index (χ1) is 13.3. The van der Waals surface area contributed by atoms with Crippen LogP contribution in [0.5, 0.6) is 0 Å². The molecule has 0 unspecified atom stereocenters. The van der Waals surface area contributed by atoms with Crippen LogP contribution in [0, 0.1) is 27.2 Å². The Kier molecular flexibility index (Phi) is 5.37. The van der Waals surface area contributed by atoms with E-state index in [9.17, 15) is 20.2 Å². The Balaban J connectivity index is 1.77. The second-order valence-corrected chi connectivity index (χ2v) is 6.16. The molecule has 1 heterocycles. The van der Waals surface area contributed by atoms with Crippen molar-refractivity contribution < 1.29 is 14.3 Å². The fourth-order valence-corrected chi connectivity index (χ4v) is 2.55. The van der Waals surface area contributed by atoms with Crippen molar-refractivity contribution in [3.05, 3.63) is 85.1 Å². The second kappa shape index (κ2) is 7.89. The molecular weight excluding hydrogens is 388 g/mol. The van der Waals surface area contributed by atoms with Crippen LogP contribution < -0.4 is 5.43 Å². The smallest absolute Gasteiger partial charge is 0.301 e. The van der Waals surface area contributed by atoms with Gasteiger partial charge in [0.05, 0.1) is 22.1 Å². The maximum atomic E-state index is 11.1. The quantitative estimate of drug-likeness (QED) is 0.345. The molecule has 0 radical (unpaired) electrons. The first kappa shape index (κ1) is 19.1. The largest absolute Gasteiger partial charge is 0.455 e. The number of halogens is 1. The van der Waals surface area contributed by atoms with E-state index in [4.69, 9.17) is 16.0 Å². The SMILES string of the molecule is Cc1ccc(-c2ccc(/C=N/Nc3ccc([N+](=O)[O-])cc3[N+](=O)[O-])o2)cc1Cl. The average Bonchev–Trinajstić information content (AvgIpc) is 3.12. The molecule has 9 nitrogen and oxygen atoms in total. The third kappa shape index (κ3) is 4.15. The number of benzene rings is 2. The van der Waals surface area contributed by atoms with Gasteiger partial charge in [-0.15, -0.1) is 0 Å². The van der Waals surface area contributed by atoms with Crippen molar-refractivity contribution in [2.24, 2.45) is 5.10 Å². The van der Waals surface area contributed by atoms with Crippen molar-refractivity contribution in [2.45, 2.75) is 6.92 Å². The number of hydrogen-bond acceptors (Lipinski definition) is 7. The van der Waals surface area contributed by atoms with E-state index in [2.05, 4.69) is 10.5 Å². The molecule has 0 saturated heterocycles. The number of nitrogens with one attached hydrogen (secondary N) is 1.